The number of carbonyl (C=O) groups excluding carboxylic acids is 1. The maximum Gasteiger partial charge on any atom is 0.223 e. The second kappa shape index (κ2) is 6.17. The van der Waals surface area contributed by atoms with Crippen molar-refractivity contribution < 1.29 is 4.79 Å². The molecule has 0 aromatic carbocycles. The van der Waals surface area contributed by atoms with Crippen molar-refractivity contribution in [1.29, 1.82) is 0 Å². The second-order valence-electron chi connectivity index (χ2n) is 5.97. The van der Waals surface area contributed by atoms with Gasteiger partial charge in [-0.1, -0.05) is 0 Å². The van der Waals surface area contributed by atoms with Crippen LogP contribution in [-0.4, -0.2) is 23.1 Å². The third-order valence-electron chi connectivity index (χ3n) is 4.29. The molecule has 6 heteroatoms. The zero-order valence-electron chi connectivity index (χ0n) is 12.8. The molecule has 1 unspecified atom stereocenters. The minimum Gasteiger partial charge on any atom is -0.356 e. The van der Waals surface area contributed by atoms with Crippen LogP contribution in [0.2, 0.25) is 0 Å². The van der Waals surface area contributed by atoms with E-state index in [4.69, 9.17) is 6.42 Å². The average molecular weight is 316 g/mol. The van der Waals surface area contributed by atoms with Gasteiger partial charge in [0.1, 0.15) is 0 Å². The minimum atomic E-state index is -0.311. The molecule has 5 nitrogen and oxygen atoms in total. The van der Waals surface area contributed by atoms with Crippen molar-refractivity contribution in [3.63, 3.8) is 0 Å². The van der Waals surface area contributed by atoms with E-state index in [2.05, 4.69) is 26.4 Å². The Kier molecular flexibility index (Phi) is 4.25. The maximum absolute atomic E-state index is 12.3. The third kappa shape index (κ3) is 3.36. The minimum absolute atomic E-state index is 0.0714. The lowest BCUT2D eigenvalue weighted by molar-refractivity contribution is -0.125. The number of nitrogens with one attached hydrogen (secondary N) is 1. The Hall–Kier alpha value is -1.74. The van der Waals surface area contributed by atoms with E-state index in [-0.39, 0.29) is 17.5 Å². The number of fused-ring (bicyclic) bond motifs is 1. The van der Waals surface area contributed by atoms with Crippen molar-refractivity contribution in [3.05, 3.63) is 15.6 Å². The van der Waals surface area contributed by atoms with Crippen molar-refractivity contribution in [2.24, 2.45) is 16.1 Å². The lowest BCUT2D eigenvalue weighted by Gasteiger charge is -2.20. The third-order valence-corrected chi connectivity index (χ3v) is 5.33. The smallest absolute Gasteiger partial charge is 0.223 e. The molecule has 1 amide bonds. The van der Waals surface area contributed by atoms with Crippen LogP contribution in [0.25, 0.3) is 0 Å². The fraction of sp³-hybridized carbons (Fsp3) is 0.625. The molecule has 0 radical (unpaired) electrons. The highest BCUT2D eigenvalue weighted by atomic mass is 32.1. The Bertz CT molecular complexity index is 637. The summed E-state index contributed by atoms with van der Waals surface area (Å²) in [7, 11) is 0. The highest BCUT2D eigenvalue weighted by Gasteiger charge is 2.38. The number of rotatable bonds is 6. The molecule has 2 heterocycles. The molecule has 1 aromatic rings. The van der Waals surface area contributed by atoms with Crippen LogP contribution in [0.5, 0.6) is 0 Å². The average Bonchev–Trinajstić information content (AvgIpc) is 3.17. The molecule has 22 heavy (non-hydrogen) atoms. The summed E-state index contributed by atoms with van der Waals surface area (Å²) in [6.07, 6.45) is 10.1. The number of terminal acetylenes is 1. The normalized spacial score (nSPS) is 21.0. The van der Waals surface area contributed by atoms with E-state index in [0.29, 0.717) is 13.0 Å². The van der Waals surface area contributed by atoms with Crippen LogP contribution >= 0.6 is 11.3 Å². The van der Waals surface area contributed by atoms with E-state index in [1.807, 2.05) is 6.92 Å². The zero-order chi connectivity index (χ0) is 15.6. The van der Waals surface area contributed by atoms with Crippen molar-refractivity contribution >= 4 is 17.2 Å². The molecule has 0 saturated heterocycles. The fourth-order valence-corrected chi connectivity index (χ4v) is 3.99. The van der Waals surface area contributed by atoms with E-state index in [1.54, 1.807) is 11.3 Å². The number of aromatic nitrogens is 1. The zero-order valence-corrected chi connectivity index (χ0v) is 13.6. The molecule has 1 N–H and O–H groups in total. The van der Waals surface area contributed by atoms with Gasteiger partial charge < -0.3 is 5.32 Å². The Labute approximate surface area is 134 Å². The fourth-order valence-electron chi connectivity index (χ4n) is 2.93. The molecule has 0 saturated carbocycles. The number of aryl methyl sites for hydroxylation is 2. The van der Waals surface area contributed by atoms with Crippen LogP contribution < -0.4 is 5.32 Å². The number of hydrogen-bond acceptors (Lipinski definition) is 5. The van der Waals surface area contributed by atoms with Crippen LogP contribution in [0.4, 0.5) is 0 Å². The first-order valence-electron chi connectivity index (χ1n) is 7.72. The summed E-state index contributed by atoms with van der Waals surface area (Å²) in [5.74, 6) is 2.83. The molecule has 0 spiro atoms. The van der Waals surface area contributed by atoms with Gasteiger partial charge in [0.2, 0.25) is 5.91 Å². The van der Waals surface area contributed by atoms with E-state index in [0.717, 1.165) is 37.1 Å². The Morgan fingerprint density at radius 1 is 1.50 bits per heavy atom. The lowest BCUT2D eigenvalue weighted by atomic mass is 9.90. The number of amides is 1. The van der Waals surface area contributed by atoms with Gasteiger partial charge in [-0.2, -0.15) is 10.2 Å². The monoisotopic (exact) mass is 316 g/mol. The van der Waals surface area contributed by atoms with Crippen LogP contribution in [0.1, 0.15) is 41.3 Å². The quantitative estimate of drug-likeness (QED) is 0.820. The molecule has 0 bridgehead atoms. The van der Waals surface area contributed by atoms with E-state index in [9.17, 15) is 4.79 Å². The molecular weight excluding hydrogens is 296 g/mol. The van der Waals surface area contributed by atoms with E-state index < -0.39 is 0 Å². The molecule has 0 fully saturated rings. The summed E-state index contributed by atoms with van der Waals surface area (Å²) in [4.78, 5) is 18.1. The summed E-state index contributed by atoms with van der Waals surface area (Å²) in [5.41, 5.74) is 0.879. The standard InChI is InChI=1S/C16H20N4OS/c1-3-4-7-16(19-20-16)8-9-17-15(21)12-5-6-13-14(10-12)22-11(2)18-13/h1,12H,4-10H2,2H3,(H,17,21). The Morgan fingerprint density at radius 2 is 2.32 bits per heavy atom. The predicted molar refractivity (Wildman–Crippen MR) is 85.6 cm³/mol. The number of carbonyl (C=O) groups is 1. The molecule has 116 valence electrons. The second-order valence-corrected chi connectivity index (χ2v) is 7.26. The first-order chi connectivity index (χ1) is 10.6. The molecule has 2 aliphatic rings. The van der Waals surface area contributed by atoms with Gasteiger partial charge >= 0.3 is 0 Å². The maximum atomic E-state index is 12.3. The Morgan fingerprint density at radius 3 is 3.05 bits per heavy atom. The molecule has 1 aliphatic carbocycles. The van der Waals surface area contributed by atoms with Crippen molar-refractivity contribution in [2.75, 3.05) is 6.54 Å². The molecule has 3 rings (SSSR count). The van der Waals surface area contributed by atoms with Gasteiger partial charge in [-0.25, -0.2) is 4.98 Å². The van der Waals surface area contributed by atoms with Crippen LogP contribution in [0.15, 0.2) is 10.2 Å². The molecule has 1 aromatic heterocycles. The SMILES string of the molecule is C#CCCC1(CCNC(=O)C2CCc3nc(C)sc3C2)N=N1. The summed E-state index contributed by atoms with van der Waals surface area (Å²) in [5, 5.41) is 12.3. The van der Waals surface area contributed by atoms with Gasteiger partial charge in [0.15, 0.2) is 5.66 Å². The molecule has 1 atom stereocenters. The topological polar surface area (TPSA) is 66.7 Å². The van der Waals surface area contributed by atoms with Crippen molar-refractivity contribution in [2.45, 2.75) is 51.1 Å². The predicted octanol–water partition coefficient (Wildman–Crippen LogP) is 2.64. The number of thiazole rings is 1. The molecular formula is C16H20N4OS. The van der Waals surface area contributed by atoms with Gasteiger partial charge in [-0.3, -0.25) is 4.79 Å². The van der Waals surface area contributed by atoms with Crippen LogP contribution in [-0.2, 0) is 17.6 Å². The summed E-state index contributed by atoms with van der Waals surface area (Å²) >= 11 is 1.72. The van der Waals surface area contributed by atoms with Crippen molar-refractivity contribution in [3.8, 4) is 12.3 Å². The van der Waals surface area contributed by atoms with Gasteiger partial charge in [-0.05, 0) is 26.2 Å². The molecule has 1 aliphatic heterocycles. The van der Waals surface area contributed by atoms with Gasteiger partial charge in [0.25, 0.3) is 0 Å². The van der Waals surface area contributed by atoms with Crippen LogP contribution in [0.3, 0.4) is 0 Å². The highest BCUT2D eigenvalue weighted by molar-refractivity contribution is 7.11. The Balaban J connectivity index is 1.44. The summed E-state index contributed by atoms with van der Waals surface area (Å²) in [6, 6.07) is 0. The van der Waals surface area contributed by atoms with Gasteiger partial charge in [0.05, 0.1) is 10.7 Å². The van der Waals surface area contributed by atoms with Gasteiger partial charge in [-0.15, -0.1) is 23.7 Å². The number of nitrogens with zero attached hydrogens (tertiary/aromatic N) is 3. The van der Waals surface area contributed by atoms with Crippen LogP contribution in [0, 0.1) is 25.2 Å². The largest absolute Gasteiger partial charge is 0.356 e. The van der Waals surface area contributed by atoms with E-state index in [1.165, 1.54) is 10.6 Å². The summed E-state index contributed by atoms with van der Waals surface area (Å²) in [6.45, 7) is 2.64. The highest BCUT2D eigenvalue weighted by Crippen LogP contribution is 2.36. The first kappa shape index (κ1) is 15.2. The van der Waals surface area contributed by atoms with Gasteiger partial charge in [0, 0.05) is 36.6 Å². The summed E-state index contributed by atoms with van der Waals surface area (Å²) < 4.78 is 0. The number of hydrogen-bond donors (Lipinski definition) is 1. The van der Waals surface area contributed by atoms with Crippen molar-refractivity contribution in [1.82, 2.24) is 10.3 Å². The lowest BCUT2D eigenvalue weighted by Crippen LogP contribution is -2.35. The van der Waals surface area contributed by atoms with E-state index >= 15 is 0 Å². The first-order valence-corrected chi connectivity index (χ1v) is 8.54.